The SMILES string of the molecule is COC(C)(C)CC(O)c1ccc(F)cc1C. The van der Waals surface area contributed by atoms with Gasteiger partial charge in [0.25, 0.3) is 0 Å². The zero-order valence-corrected chi connectivity index (χ0v) is 10.2. The summed E-state index contributed by atoms with van der Waals surface area (Å²) in [5.41, 5.74) is 1.13. The van der Waals surface area contributed by atoms with Gasteiger partial charge in [-0.05, 0) is 44.0 Å². The number of aryl methyl sites for hydroxylation is 1. The van der Waals surface area contributed by atoms with E-state index in [9.17, 15) is 9.50 Å². The minimum atomic E-state index is -0.629. The lowest BCUT2D eigenvalue weighted by Crippen LogP contribution is -2.25. The van der Waals surface area contributed by atoms with Gasteiger partial charge < -0.3 is 9.84 Å². The molecule has 0 aliphatic heterocycles. The topological polar surface area (TPSA) is 29.5 Å². The van der Waals surface area contributed by atoms with Crippen molar-refractivity contribution in [2.75, 3.05) is 7.11 Å². The fraction of sp³-hybridized carbons (Fsp3) is 0.538. The first-order chi connectivity index (χ1) is 7.35. The lowest BCUT2D eigenvalue weighted by Gasteiger charge is -2.26. The number of aliphatic hydroxyl groups excluding tert-OH is 1. The van der Waals surface area contributed by atoms with E-state index in [0.717, 1.165) is 11.1 Å². The Morgan fingerprint density at radius 1 is 1.44 bits per heavy atom. The number of ether oxygens (including phenoxy) is 1. The Bertz CT molecular complexity index is 361. The Morgan fingerprint density at radius 2 is 2.06 bits per heavy atom. The average molecular weight is 226 g/mol. The van der Waals surface area contributed by atoms with Crippen LogP contribution in [0.1, 0.15) is 37.5 Å². The van der Waals surface area contributed by atoms with Gasteiger partial charge in [0.2, 0.25) is 0 Å². The molecule has 0 fully saturated rings. The van der Waals surface area contributed by atoms with Gasteiger partial charge in [-0.25, -0.2) is 4.39 Å². The molecule has 1 aromatic rings. The molecule has 0 aliphatic rings. The van der Waals surface area contributed by atoms with Gasteiger partial charge in [0.15, 0.2) is 0 Å². The maximum Gasteiger partial charge on any atom is 0.123 e. The van der Waals surface area contributed by atoms with Gasteiger partial charge >= 0.3 is 0 Å². The van der Waals surface area contributed by atoms with Crippen molar-refractivity contribution in [2.45, 2.75) is 38.9 Å². The molecule has 1 N–H and O–H groups in total. The van der Waals surface area contributed by atoms with Crippen LogP contribution in [0.15, 0.2) is 18.2 Å². The third-order valence-electron chi connectivity index (χ3n) is 2.83. The molecule has 0 aromatic heterocycles. The van der Waals surface area contributed by atoms with E-state index < -0.39 is 6.10 Å². The quantitative estimate of drug-likeness (QED) is 0.855. The molecule has 3 heteroatoms. The van der Waals surface area contributed by atoms with Crippen molar-refractivity contribution in [1.82, 2.24) is 0 Å². The van der Waals surface area contributed by atoms with Gasteiger partial charge in [-0.3, -0.25) is 0 Å². The van der Waals surface area contributed by atoms with E-state index in [-0.39, 0.29) is 11.4 Å². The number of hydrogen-bond donors (Lipinski definition) is 1. The number of aliphatic hydroxyl groups is 1. The molecule has 1 rings (SSSR count). The molecular weight excluding hydrogens is 207 g/mol. The first kappa shape index (κ1) is 13.1. The minimum Gasteiger partial charge on any atom is -0.388 e. The van der Waals surface area contributed by atoms with Crippen LogP contribution in [-0.4, -0.2) is 17.8 Å². The molecule has 0 saturated heterocycles. The minimum absolute atomic E-state index is 0.278. The highest BCUT2D eigenvalue weighted by Crippen LogP contribution is 2.27. The van der Waals surface area contributed by atoms with E-state index in [4.69, 9.17) is 4.74 Å². The number of benzene rings is 1. The maximum atomic E-state index is 12.9. The summed E-state index contributed by atoms with van der Waals surface area (Å²) in [7, 11) is 1.62. The lowest BCUT2D eigenvalue weighted by molar-refractivity contribution is -0.0202. The molecule has 0 amide bonds. The Balaban J connectivity index is 2.84. The first-order valence-electron chi connectivity index (χ1n) is 5.35. The summed E-state index contributed by atoms with van der Waals surface area (Å²) in [6.45, 7) is 5.62. The largest absolute Gasteiger partial charge is 0.388 e. The zero-order chi connectivity index (χ0) is 12.3. The molecule has 16 heavy (non-hydrogen) atoms. The maximum absolute atomic E-state index is 12.9. The highest BCUT2D eigenvalue weighted by molar-refractivity contribution is 5.28. The summed E-state index contributed by atoms with van der Waals surface area (Å²) in [5, 5.41) is 10.1. The number of hydrogen-bond acceptors (Lipinski definition) is 2. The Labute approximate surface area is 96.1 Å². The molecule has 0 saturated carbocycles. The second-order valence-corrected chi connectivity index (χ2v) is 4.68. The second-order valence-electron chi connectivity index (χ2n) is 4.68. The molecule has 0 heterocycles. The van der Waals surface area contributed by atoms with Crippen LogP contribution in [0.5, 0.6) is 0 Å². The average Bonchev–Trinajstić information content (AvgIpc) is 2.16. The predicted molar refractivity (Wildman–Crippen MR) is 61.8 cm³/mol. The Morgan fingerprint density at radius 3 is 2.56 bits per heavy atom. The molecule has 0 radical (unpaired) electrons. The zero-order valence-electron chi connectivity index (χ0n) is 10.2. The van der Waals surface area contributed by atoms with Gasteiger partial charge in [0.1, 0.15) is 5.82 Å². The Kier molecular flexibility index (Phi) is 4.05. The van der Waals surface area contributed by atoms with Crippen LogP contribution in [0.3, 0.4) is 0 Å². The third-order valence-corrected chi connectivity index (χ3v) is 2.83. The summed E-state index contributed by atoms with van der Waals surface area (Å²) < 4.78 is 18.2. The van der Waals surface area contributed by atoms with Gasteiger partial charge in [0.05, 0.1) is 11.7 Å². The van der Waals surface area contributed by atoms with Crippen LogP contribution in [0.4, 0.5) is 4.39 Å². The molecule has 0 spiro atoms. The smallest absolute Gasteiger partial charge is 0.123 e. The second kappa shape index (κ2) is 4.93. The van der Waals surface area contributed by atoms with Crippen molar-refractivity contribution in [3.05, 3.63) is 35.1 Å². The summed E-state index contributed by atoms with van der Waals surface area (Å²) in [5.74, 6) is -0.278. The van der Waals surface area contributed by atoms with E-state index >= 15 is 0 Å². The highest BCUT2D eigenvalue weighted by atomic mass is 19.1. The number of rotatable bonds is 4. The van der Waals surface area contributed by atoms with Crippen molar-refractivity contribution < 1.29 is 14.2 Å². The molecule has 1 unspecified atom stereocenters. The van der Waals surface area contributed by atoms with E-state index in [1.54, 1.807) is 20.1 Å². The lowest BCUT2D eigenvalue weighted by atomic mass is 9.93. The molecular formula is C13H19FO2. The fourth-order valence-corrected chi connectivity index (χ4v) is 1.67. The molecule has 0 aliphatic carbocycles. The monoisotopic (exact) mass is 226 g/mol. The summed E-state index contributed by atoms with van der Waals surface area (Å²) in [6, 6.07) is 4.42. The third kappa shape index (κ3) is 3.29. The molecule has 2 nitrogen and oxygen atoms in total. The van der Waals surface area contributed by atoms with Crippen molar-refractivity contribution in [3.63, 3.8) is 0 Å². The van der Waals surface area contributed by atoms with Crippen LogP contribution < -0.4 is 0 Å². The van der Waals surface area contributed by atoms with E-state index in [1.807, 2.05) is 13.8 Å². The van der Waals surface area contributed by atoms with Crippen molar-refractivity contribution >= 4 is 0 Å². The normalized spacial score (nSPS) is 13.9. The van der Waals surface area contributed by atoms with Gasteiger partial charge in [-0.1, -0.05) is 6.07 Å². The van der Waals surface area contributed by atoms with Gasteiger partial charge in [-0.15, -0.1) is 0 Å². The predicted octanol–water partition coefficient (Wildman–Crippen LogP) is 2.98. The molecule has 0 bridgehead atoms. The van der Waals surface area contributed by atoms with Crippen LogP contribution in [0.2, 0.25) is 0 Å². The van der Waals surface area contributed by atoms with Crippen LogP contribution in [0.25, 0.3) is 0 Å². The van der Waals surface area contributed by atoms with E-state index in [1.165, 1.54) is 12.1 Å². The van der Waals surface area contributed by atoms with E-state index in [2.05, 4.69) is 0 Å². The van der Waals surface area contributed by atoms with Crippen LogP contribution in [0, 0.1) is 12.7 Å². The summed E-state index contributed by atoms with van der Waals surface area (Å²) in [4.78, 5) is 0. The van der Waals surface area contributed by atoms with Gasteiger partial charge in [-0.2, -0.15) is 0 Å². The van der Waals surface area contributed by atoms with Crippen molar-refractivity contribution in [1.29, 1.82) is 0 Å². The van der Waals surface area contributed by atoms with E-state index in [0.29, 0.717) is 6.42 Å². The van der Waals surface area contributed by atoms with Crippen LogP contribution in [-0.2, 0) is 4.74 Å². The standard InChI is InChI=1S/C13H19FO2/c1-9-7-10(14)5-6-11(9)12(15)8-13(2,3)16-4/h5-7,12,15H,8H2,1-4H3. The molecule has 1 atom stereocenters. The summed E-state index contributed by atoms with van der Waals surface area (Å²) in [6.07, 6.45) is -0.147. The van der Waals surface area contributed by atoms with Gasteiger partial charge in [0, 0.05) is 13.5 Å². The fourth-order valence-electron chi connectivity index (χ4n) is 1.67. The molecule has 90 valence electrons. The molecule has 1 aromatic carbocycles. The number of methoxy groups -OCH3 is 1. The first-order valence-corrected chi connectivity index (χ1v) is 5.35. The summed E-state index contributed by atoms with van der Waals surface area (Å²) >= 11 is 0. The van der Waals surface area contributed by atoms with Crippen LogP contribution >= 0.6 is 0 Å². The Hall–Kier alpha value is -0.930. The van der Waals surface area contributed by atoms with Crippen molar-refractivity contribution in [2.24, 2.45) is 0 Å². The van der Waals surface area contributed by atoms with Crippen molar-refractivity contribution in [3.8, 4) is 0 Å². The number of halogens is 1. The highest BCUT2D eigenvalue weighted by Gasteiger charge is 2.23.